The monoisotopic (exact) mass is 425 g/mol. The Morgan fingerprint density at radius 2 is 2.16 bits per heavy atom. The number of anilines is 1. The van der Waals surface area contributed by atoms with E-state index in [9.17, 15) is 0 Å². The molecule has 0 spiro atoms. The number of ether oxygens (including phenoxy) is 1. The molecule has 0 amide bonds. The molecule has 166 valence electrons. The van der Waals surface area contributed by atoms with Crippen LogP contribution in [0.3, 0.4) is 0 Å². The molecule has 0 saturated carbocycles. The maximum Gasteiger partial charge on any atom is 0.222 e. The van der Waals surface area contributed by atoms with Crippen molar-refractivity contribution in [1.82, 2.24) is 24.9 Å². The summed E-state index contributed by atoms with van der Waals surface area (Å²) in [6, 6.07) is 6.00. The normalized spacial score (nSPS) is 12.8. The number of aromatic nitrogens is 4. The van der Waals surface area contributed by atoms with Crippen LogP contribution in [-0.2, 0) is 0 Å². The van der Waals surface area contributed by atoms with Crippen molar-refractivity contribution in [2.45, 2.75) is 40.2 Å². The third kappa shape index (κ3) is 4.85. The third-order valence-electron chi connectivity index (χ3n) is 4.90. The number of nitrogens with zero attached hydrogens (tertiary/aromatic N) is 6. The summed E-state index contributed by atoms with van der Waals surface area (Å²) in [4.78, 5) is 9.30. The van der Waals surface area contributed by atoms with Gasteiger partial charge in [-0.25, -0.2) is 20.9 Å². The number of nitrogens with two attached hydrogens (primary N) is 2. The van der Waals surface area contributed by atoms with Gasteiger partial charge >= 0.3 is 0 Å². The Hall–Kier alpha value is -3.40. The van der Waals surface area contributed by atoms with Crippen molar-refractivity contribution in [3.8, 4) is 17.1 Å². The van der Waals surface area contributed by atoms with E-state index in [0.29, 0.717) is 24.9 Å². The molecule has 3 heterocycles. The van der Waals surface area contributed by atoms with E-state index in [4.69, 9.17) is 26.4 Å². The second-order valence-electron chi connectivity index (χ2n) is 7.35. The zero-order valence-corrected chi connectivity index (χ0v) is 18.8. The van der Waals surface area contributed by atoms with Crippen LogP contribution in [0.15, 0.2) is 29.5 Å². The Bertz CT molecular complexity index is 1070. The van der Waals surface area contributed by atoms with Gasteiger partial charge in [-0.05, 0) is 45.4 Å². The first-order chi connectivity index (χ1) is 14.8. The van der Waals surface area contributed by atoms with Gasteiger partial charge in [0.05, 0.1) is 35.8 Å². The molecule has 0 fully saturated rings. The number of rotatable bonds is 9. The van der Waals surface area contributed by atoms with Crippen LogP contribution in [0.4, 0.5) is 5.69 Å². The Labute approximate surface area is 182 Å². The van der Waals surface area contributed by atoms with Gasteiger partial charge in [0.15, 0.2) is 0 Å². The minimum Gasteiger partial charge on any atom is -0.477 e. The second kappa shape index (κ2) is 9.61. The van der Waals surface area contributed by atoms with Crippen molar-refractivity contribution in [1.29, 1.82) is 0 Å². The van der Waals surface area contributed by atoms with Gasteiger partial charge in [0.1, 0.15) is 16.9 Å². The van der Waals surface area contributed by atoms with Crippen LogP contribution in [-0.4, -0.2) is 50.9 Å². The van der Waals surface area contributed by atoms with Crippen LogP contribution >= 0.6 is 0 Å². The number of amidine groups is 1. The van der Waals surface area contributed by atoms with Gasteiger partial charge < -0.3 is 15.8 Å². The van der Waals surface area contributed by atoms with E-state index in [0.717, 1.165) is 40.1 Å². The van der Waals surface area contributed by atoms with Crippen LogP contribution in [0.25, 0.3) is 22.3 Å². The number of hydrazone groups is 1. The fourth-order valence-corrected chi connectivity index (χ4v) is 3.31. The molecular weight excluding hydrogens is 394 g/mol. The lowest BCUT2D eigenvalue weighted by atomic mass is 10.1. The second-order valence-corrected chi connectivity index (χ2v) is 7.35. The van der Waals surface area contributed by atoms with E-state index in [1.54, 1.807) is 13.2 Å². The smallest absolute Gasteiger partial charge is 0.222 e. The van der Waals surface area contributed by atoms with Gasteiger partial charge in [0, 0.05) is 19.3 Å². The average Bonchev–Trinajstić information content (AvgIpc) is 3.08. The van der Waals surface area contributed by atoms with Gasteiger partial charge in [-0.15, -0.1) is 5.10 Å². The number of fused-ring (bicyclic) bond motifs is 1. The maximum absolute atomic E-state index is 6.01. The maximum atomic E-state index is 6.01. The summed E-state index contributed by atoms with van der Waals surface area (Å²) in [6.07, 6.45) is 2.65. The van der Waals surface area contributed by atoms with Crippen LogP contribution in [0, 0.1) is 6.92 Å². The van der Waals surface area contributed by atoms with E-state index < -0.39 is 0 Å². The van der Waals surface area contributed by atoms with Crippen molar-refractivity contribution in [2.75, 3.05) is 25.5 Å². The molecule has 5 N–H and O–H groups in total. The summed E-state index contributed by atoms with van der Waals surface area (Å²) in [5.74, 6) is 6.48. The van der Waals surface area contributed by atoms with E-state index >= 15 is 0 Å². The van der Waals surface area contributed by atoms with Crippen LogP contribution in [0.5, 0.6) is 5.88 Å². The first-order valence-electron chi connectivity index (χ1n) is 10.4. The predicted octanol–water partition coefficient (Wildman–Crippen LogP) is 2.66. The summed E-state index contributed by atoms with van der Waals surface area (Å²) in [7, 11) is 1.62. The molecule has 1 unspecified atom stereocenters. The molecule has 3 rings (SSSR count). The zero-order valence-electron chi connectivity index (χ0n) is 18.8. The number of hydrazine groups is 1. The molecule has 0 aliphatic heterocycles. The molecule has 1 atom stereocenters. The minimum absolute atomic E-state index is 0.211. The zero-order chi connectivity index (χ0) is 22.5. The average molecular weight is 426 g/mol. The van der Waals surface area contributed by atoms with E-state index in [1.165, 1.54) is 5.12 Å². The lowest BCUT2D eigenvalue weighted by molar-refractivity contribution is 0.328. The van der Waals surface area contributed by atoms with E-state index in [2.05, 4.69) is 29.2 Å². The summed E-state index contributed by atoms with van der Waals surface area (Å²) < 4.78 is 7.74. The lowest BCUT2D eigenvalue weighted by Gasteiger charge is -2.16. The molecular formula is C21H31N9O. The van der Waals surface area contributed by atoms with Gasteiger partial charge in [0.25, 0.3) is 0 Å². The summed E-state index contributed by atoms with van der Waals surface area (Å²) in [5.41, 5.74) is 11.0. The molecule has 0 aliphatic rings. The lowest BCUT2D eigenvalue weighted by Crippen LogP contribution is -2.29. The molecule has 10 nitrogen and oxygen atoms in total. The number of nitrogens with one attached hydrogen (secondary N) is 1. The summed E-state index contributed by atoms with van der Waals surface area (Å²) in [6.45, 7) is 9.00. The highest BCUT2D eigenvalue weighted by Crippen LogP contribution is 2.34. The van der Waals surface area contributed by atoms with Gasteiger partial charge in [0.2, 0.25) is 5.88 Å². The Kier molecular flexibility index (Phi) is 6.91. The number of hydrogen-bond donors (Lipinski definition) is 3. The Balaban J connectivity index is 2.18. The van der Waals surface area contributed by atoms with Crippen LogP contribution in [0.1, 0.15) is 38.9 Å². The highest BCUT2D eigenvalue weighted by atomic mass is 16.5. The summed E-state index contributed by atoms with van der Waals surface area (Å²) >= 11 is 0. The molecule has 0 aromatic carbocycles. The van der Waals surface area contributed by atoms with E-state index in [1.807, 2.05) is 36.7 Å². The minimum atomic E-state index is 0.211. The number of hydrogen-bond acceptors (Lipinski definition) is 8. The molecule has 0 bridgehead atoms. The quantitative estimate of drug-likeness (QED) is 0.206. The Morgan fingerprint density at radius 3 is 2.84 bits per heavy atom. The molecule has 31 heavy (non-hydrogen) atoms. The van der Waals surface area contributed by atoms with E-state index in [-0.39, 0.29) is 6.04 Å². The highest BCUT2D eigenvalue weighted by Gasteiger charge is 2.20. The third-order valence-corrected chi connectivity index (χ3v) is 4.90. The topological polar surface area (TPSA) is 132 Å². The van der Waals surface area contributed by atoms with Crippen molar-refractivity contribution in [3.05, 3.63) is 30.1 Å². The predicted molar refractivity (Wildman–Crippen MR) is 124 cm³/mol. The first-order valence-corrected chi connectivity index (χ1v) is 10.4. The van der Waals surface area contributed by atoms with Gasteiger partial charge in [-0.1, -0.05) is 6.92 Å². The SMILES string of the molecule is CCOc1ncccc1-c1cc(NC/C(N)=N/N(C)N)c2c(n1)c(C)nn2C(C)CC. The largest absolute Gasteiger partial charge is 0.477 e. The van der Waals surface area contributed by atoms with Crippen molar-refractivity contribution in [2.24, 2.45) is 16.7 Å². The number of pyridine rings is 2. The van der Waals surface area contributed by atoms with Crippen LogP contribution < -0.4 is 21.6 Å². The molecule has 3 aromatic rings. The molecule has 0 saturated heterocycles. The molecule has 10 heteroatoms. The Morgan fingerprint density at radius 1 is 1.39 bits per heavy atom. The fraction of sp³-hybridized carbons (Fsp3) is 0.429. The highest BCUT2D eigenvalue weighted by molar-refractivity contribution is 5.95. The van der Waals surface area contributed by atoms with Crippen molar-refractivity contribution in [3.63, 3.8) is 0 Å². The van der Waals surface area contributed by atoms with Crippen molar-refractivity contribution >= 4 is 22.6 Å². The standard InChI is InChI=1S/C21H31N9O/c1-6-13(3)30-20-17(25-12-18(22)28-29(5)23)11-16(26-19(20)14(4)27-30)15-9-8-10-24-21(15)31-7-2/h8-11,13H,6-7,12,23H2,1-5H3,(H2,22,28)(H,25,26). The summed E-state index contributed by atoms with van der Waals surface area (Å²) in [5, 5.41) is 13.4. The van der Waals surface area contributed by atoms with Crippen LogP contribution in [0.2, 0.25) is 0 Å². The fourth-order valence-electron chi connectivity index (χ4n) is 3.31. The van der Waals surface area contributed by atoms with Gasteiger partial charge in [-0.3, -0.25) is 4.68 Å². The number of aryl methyl sites for hydroxylation is 1. The molecule has 0 aliphatic carbocycles. The molecule has 3 aromatic heterocycles. The first kappa shape index (κ1) is 22.3. The van der Waals surface area contributed by atoms with Gasteiger partial charge in [-0.2, -0.15) is 5.10 Å². The molecule has 0 radical (unpaired) electrons. The van der Waals surface area contributed by atoms with Crippen molar-refractivity contribution < 1.29 is 4.74 Å².